The van der Waals surface area contributed by atoms with Gasteiger partial charge in [0.2, 0.25) is 11.8 Å². The van der Waals surface area contributed by atoms with Crippen molar-refractivity contribution in [2.45, 2.75) is 77.2 Å². The average Bonchev–Trinajstić information content (AvgIpc) is 2.35. The highest BCUT2D eigenvalue weighted by Gasteiger charge is 2.45. The van der Waals surface area contributed by atoms with Gasteiger partial charge in [-0.1, -0.05) is 32.6 Å². The number of hydrogen-bond acceptors (Lipinski definition) is 3. The molecule has 1 aliphatic carbocycles. The van der Waals surface area contributed by atoms with Crippen molar-refractivity contribution in [2.75, 3.05) is 6.54 Å². The first-order valence-corrected chi connectivity index (χ1v) is 7.93. The molecule has 2 rings (SSSR count). The third-order valence-corrected chi connectivity index (χ3v) is 4.86. The van der Waals surface area contributed by atoms with E-state index in [1.165, 1.54) is 11.3 Å². The maximum Gasteiger partial charge on any atom is 0.229 e. The van der Waals surface area contributed by atoms with Gasteiger partial charge in [0.05, 0.1) is 12.1 Å². The molecule has 1 heterocycles. The number of carbonyl (C=O) groups is 2. The second-order valence-electron chi connectivity index (χ2n) is 7.03. The minimum absolute atomic E-state index is 0.0699. The summed E-state index contributed by atoms with van der Waals surface area (Å²) in [5, 5.41) is 10.3. The molecule has 0 aromatic heterocycles. The number of aliphatic hydroxyl groups is 1. The van der Waals surface area contributed by atoms with Crippen LogP contribution in [0.25, 0.3) is 0 Å². The van der Waals surface area contributed by atoms with Gasteiger partial charge in [-0.2, -0.15) is 0 Å². The Morgan fingerprint density at radius 2 is 1.70 bits per heavy atom. The minimum atomic E-state index is -0.961. The van der Waals surface area contributed by atoms with Gasteiger partial charge in [-0.3, -0.25) is 14.5 Å². The number of likely N-dealkylation sites (tertiary alicyclic amines) is 1. The van der Waals surface area contributed by atoms with Gasteiger partial charge in [-0.15, -0.1) is 0 Å². The summed E-state index contributed by atoms with van der Waals surface area (Å²) in [4.78, 5) is 26.0. The molecule has 1 N–H and O–H groups in total. The third kappa shape index (κ3) is 3.40. The Hall–Kier alpha value is -0.900. The van der Waals surface area contributed by atoms with Crippen molar-refractivity contribution in [3.8, 4) is 0 Å². The number of piperidine rings is 1. The van der Waals surface area contributed by atoms with Gasteiger partial charge in [0, 0.05) is 12.8 Å². The van der Waals surface area contributed by atoms with E-state index in [1.807, 2.05) is 6.92 Å². The number of amides is 2. The van der Waals surface area contributed by atoms with Crippen molar-refractivity contribution in [3.05, 3.63) is 0 Å². The van der Waals surface area contributed by atoms with E-state index >= 15 is 0 Å². The molecule has 1 unspecified atom stereocenters. The van der Waals surface area contributed by atoms with Crippen molar-refractivity contribution in [1.29, 1.82) is 0 Å². The van der Waals surface area contributed by atoms with Crippen LogP contribution in [0.5, 0.6) is 0 Å². The Morgan fingerprint density at radius 3 is 2.20 bits per heavy atom. The third-order valence-electron chi connectivity index (χ3n) is 4.86. The van der Waals surface area contributed by atoms with Crippen LogP contribution in [0.2, 0.25) is 0 Å². The van der Waals surface area contributed by atoms with Crippen LogP contribution in [0.3, 0.4) is 0 Å². The molecular weight excluding hydrogens is 254 g/mol. The van der Waals surface area contributed by atoms with E-state index in [2.05, 4.69) is 0 Å². The predicted octanol–water partition coefficient (Wildman–Crippen LogP) is 2.64. The summed E-state index contributed by atoms with van der Waals surface area (Å²) in [6.07, 6.45) is 7.92. The topological polar surface area (TPSA) is 57.6 Å². The fraction of sp³-hybridized carbons (Fsp3) is 0.875. The van der Waals surface area contributed by atoms with E-state index < -0.39 is 5.60 Å². The summed E-state index contributed by atoms with van der Waals surface area (Å²) in [6.45, 7) is 3.85. The molecule has 2 amide bonds. The van der Waals surface area contributed by atoms with Crippen LogP contribution >= 0.6 is 0 Å². The van der Waals surface area contributed by atoms with E-state index in [4.69, 9.17) is 0 Å². The maximum absolute atomic E-state index is 12.4. The Morgan fingerprint density at radius 1 is 1.15 bits per heavy atom. The number of rotatable bonds is 4. The van der Waals surface area contributed by atoms with E-state index in [0.29, 0.717) is 19.3 Å². The van der Waals surface area contributed by atoms with Crippen LogP contribution < -0.4 is 0 Å². The summed E-state index contributed by atoms with van der Waals surface area (Å²) in [6, 6.07) is 0. The molecule has 2 fully saturated rings. The highest BCUT2D eigenvalue weighted by Crippen LogP contribution is 2.45. The van der Waals surface area contributed by atoms with E-state index in [0.717, 1.165) is 32.1 Å². The Bertz CT molecular complexity index is 363. The Labute approximate surface area is 121 Å². The lowest BCUT2D eigenvalue weighted by Crippen LogP contribution is -2.53. The van der Waals surface area contributed by atoms with Gasteiger partial charge in [0.25, 0.3) is 0 Å². The van der Waals surface area contributed by atoms with E-state index in [1.54, 1.807) is 6.92 Å². The van der Waals surface area contributed by atoms with Gasteiger partial charge in [0.15, 0.2) is 0 Å². The molecule has 114 valence electrons. The lowest BCUT2D eigenvalue weighted by Gasteiger charge is -2.43. The van der Waals surface area contributed by atoms with Crippen molar-refractivity contribution in [2.24, 2.45) is 5.41 Å². The lowest BCUT2D eigenvalue weighted by molar-refractivity contribution is -0.158. The molecule has 4 nitrogen and oxygen atoms in total. The monoisotopic (exact) mass is 281 g/mol. The van der Waals surface area contributed by atoms with Crippen LogP contribution in [-0.4, -0.2) is 34.0 Å². The zero-order valence-electron chi connectivity index (χ0n) is 12.8. The molecule has 20 heavy (non-hydrogen) atoms. The first-order valence-electron chi connectivity index (χ1n) is 7.93. The average molecular weight is 281 g/mol. The summed E-state index contributed by atoms with van der Waals surface area (Å²) in [5.74, 6) is -0.168. The van der Waals surface area contributed by atoms with Crippen molar-refractivity contribution in [3.63, 3.8) is 0 Å². The Kier molecular flexibility index (Phi) is 4.52. The Balaban J connectivity index is 2.04. The van der Waals surface area contributed by atoms with Gasteiger partial charge in [-0.25, -0.2) is 0 Å². The zero-order valence-corrected chi connectivity index (χ0v) is 12.8. The SMILES string of the molecule is CCCC(C)(O)CN1C(=O)CC2(CCCCC2)CC1=O. The number of hydrogen-bond donors (Lipinski definition) is 1. The number of imide groups is 1. The smallest absolute Gasteiger partial charge is 0.229 e. The predicted molar refractivity (Wildman–Crippen MR) is 77.0 cm³/mol. The van der Waals surface area contributed by atoms with Crippen molar-refractivity contribution < 1.29 is 14.7 Å². The van der Waals surface area contributed by atoms with Crippen LogP contribution in [0.4, 0.5) is 0 Å². The molecule has 1 aliphatic heterocycles. The van der Waals surface area contributed by atoms with Crippen molar-refractivity contribution in [1.82, 2.24) is 4.90 Å². The quantitative estimate of drug-likeness (QED) is 0.806. The summed E-state index contributed by atoms with van der Waals surface area (Å²) >= 11 is 0. The van der Waals surface area contributed by atoms with Gasteiger partial charge in [0.1, 0.15) is 0 Å². The molecule has 0 bridgehead atoms. The molecule has 1 saturated heterocycles. The molecule has 1 spiro atoms. The van der Waals surface area contributed by atoms with Gasteiger partial charge >= 0.3 is 0 Å². The molecule has 0 radical (unpaired) electrons. The standard InChI is InChI=1S/C16H27NO3/c1-3-7-15(2,20)12-17-13(18)10-16(11-14(17)19)8-5-4-6-9-16/h20H,3-12H2,1-2H3. The van der Waals surface area contributed by atoms with Crippen LogP contribution in [0, 0.1) is 5.41 Å². The normalized spacial score (nSPS) is 25.9. The van der Waals surface area contributed by atoms with Crippen LogP contribution in [-0.2, 0) is 9.59 Å². The molecular formula is C16H27NO3. The minimum Gasteiger partial charge on any atom is -0.388 e. The van der Waals surface area contributed by atoms with Crippen LogP contribution in [0.1, 0.15) is 71.6 Å². The zero-order chi connectivity index (χ0) is 14.8. The van der Waals surface area contributed by atoms with Crippen molar-refractivity contribution >= 4 is 11.8 Å². The fourth-order valence-corrected chi connectivity index (χ4v) is 3.82. The maximum atomic E-state index is 12.4. The summed E-state index contributed by atoms with van der Waals surface area (Å²) in [5.41, 5.74) is -1.03. The number of β-amino-alcohol motifs (C(OH)–C–C–N with tert-alkyl or cyclic N) is 1. The largest absolute Gasteiger partial charge is 0.388 e. The first-order chi connectivity index (χ1) is 9.37. The number of nitrogens with zero attached hydrogens (tertiary/aromatic N) is 1. The molecule has 1 atom stereocenters. The molecule has 0 aromatic carbocycles. The highest BCUT2D eigenvalue weighted by atomic mass is 16.3. The van der Waals surface area contributed by atoms with Gasteiger partial charge in [-0.05, 0) is 31.6 Å². The first kappa shape index (κ1) is 15.5. The molecule has 0 aromatic rings. The molecule has 4 heteroatoms. The fourth-order valence-electron chi connectivity index (χ4n) is 3.82. The van der Waals surface area contributed by atoms with Gasteiger partial charge < -0.3 is 5.11 Å². The number of carbonyl (C=O) groups excluding carboxylic acids is 2. The second kappa shape index (κ2) is 5.84. The second-order valence-corrected chi connectivity index (χ2v) is 7.03. The van der Waals surface area contributed by atoms with Crippen LogP contribution in [0.15, 0.2) is 0 Å². The molecule has 1 saturated carbocycles. The van der Waals surface area contributed by atoms with E-state index in [-0.39, 0.29) is 23.8 Å². The summed E-state index contributed by atoms with van der Waals surface area (Å²) in [7, 11) is 0. The van der Waals surface area contributed by atoms with E-state index in [9.17, 15) is 14.7 Å². The lowest BCUT2D eigenvalue weighted by atomic mass is 9.67. The molecule has 2 aliphatic rings. The highest BCUT2D eigenvalue weighted by molar-refractivity contribution is 5.98. The summed E-state index contributed by atoms with van der Waals surface area (Å²) < 4.78 is 0.